The van der Waals surface area contributed by atoms with Crippen molar-refractivity contribution in [3.8, 4) is 78.8 Å². The maximum Gasteiger partial charge on any atom is 0.164 e. The first-order chi connectivity index (χ1) is 31.2. The Morgan fingerprint density at radius 1 is 0.270 bits per heavy atom. The molecule has 0 aliphatic heterocycles. The van der Waals surface area contributed by atoms with Crippen molar-refractivity contribution < 1.29 is 4.42 Å². The largest absolute Gasteiger partial charge is 0.456 e. The molecule has 63 heavy (non-hydrogen) atoms. The van der Waals surface area contributed by atoms with E-state index in [1.54, 1.807) is 0 Å². The first-order valence-electron chi connectivity index (χ1n) is 21.1. The third-order valence-electron chi connectivity index (χ3n) is 11.9. The van der Waals surface area contributed by atoms with Crippen molar-refractivity contribution in [2.75, 3.05) is 0 Å². The minimum Gasteiger partial charge on any atom is -0.456 e. The van der Waals surface area contributed by atoms with Crippen molar-refractivity contribution in [3.05, 3.63) is 218 Å². The molecule has 3 aromatic heterocycles. The van der Waals surface area contributed by atoms with E-state index in [4.69, 9.17) is 24.4 Å². The molecular formula is C58H36N4O. The van der Waals surface area contributed by atoms with E-state index in [9.17, 15) is 0 Å². The summed E-state index contributed by atoms with van der Waals surface area (Å²) in [5.74, 6) is 1.82. The summed E-state index contributed by atoms with van der Waals surface area (Å²) in [6.45, 7) is 0. The molecule has 0 aliphatic carbocycles. The standard InChI is InChI=1S/C58H36N4O/c1-4-14-37(15-5-1)39-24-30-43(31-25-39)56-60-57(44-32-26-40(27-33-44)38-16-6-2-7-17-38)62-58(61-56)45-34-28-41(29-35-45)52-53-46-20-10-12-22-49(46)59-55(42-18-8-3-9-19-42)48(53)36-51-54(52)47-21-11-13-23-50(47)63-51/h1-36H. The molecule has 0 N–H and O–H groups in total. The Morgan fingerprint density at radius 2 is 0.683 bits per heavy atom. The molecule has 0 unspecified atom stereocenters. The Morgan fingerprint density at radius 3 is 1.22 bits per heavy atom. The van der Waals surface area contributed by atoms with Crippen molar-refractivity contribution >= 4 is 43.6 Å². The van der Waals surface area contributed by atoms with Gasteiger partial charge in [0.2, 0.25) is 0 Å². The second-order valence-electron chi connectivity index (χ2n) is 15.8. The fraction of sp³-hybridized carbons (Fsp3) is 0. The molecule has 5 nitrogen and oxygen atoms in total. The first kappa shape index (κ1) is 36.3. The van der Waals surface area contributed by atoms with Gasteiger partial charge in [-0.1, -0.05) is 200 Å². The summed E-state index contributed by atoms with van der Waals surface area (Å²) in [5, 5.41) is 5.40. The van der Waals surface area contributed by atoms with Crippen molar-refractivity contribution in [2.24, 2.45) is 0 Å². The van der Waals surface area contributed by atoms with Gasteiger partial charge in [0.1, 0.15) is 11.2 Å². The zero-order chi connectivity index (χ0) is 41.7. The summed E-state index contributed by atoms with van der Waals surface area (Å²) in [6, 6.07) is 75.7. The topological polar surface area (TPSA) is 64.7 Å². The van der Waals surface area contributed by atoms with E-state index < -0.39 is 0 Å². The average molecular weight is 805 g/mol. The van der Waals surface area contributed by atoms with Gasteiger partial charge >= 0.3 is 0 Å². The van der Waals surface area contributed by atoms with Gasteiger partial charge in [0, 0.05) is 54.7 Å². The molecule has 294 valence electrons. The highest BCUT2D eigenvalue weighted by molar-refractivity contribution is 6.27. The number of pyridine rings is 1. The molecule has 0 saturated carbocycles. The number of hydrogen-bond donors (Lipinski definition) is 0. The van der Waals surface area contributed by atoms with Crippen LogP contribution >= 0.6 is 0 Å². The highest BCUT2D eigenvalue weighted by Gasteiger charge is 2.22. The smallest absolute Gasteiger partial charge is 0.164 e. The number of para-hydroxylation sites is 2. The highest BCUT2D eigenvalue weighted by atomic mass is 16.3. The van der Waals surface area contributed by atoms with Gasteiger partial charge in [-0.25, -0.2) is 19.9 Å². The molecule has 0 saturated heterocycles. The van der Waals surface area contributed by atoms with E-state index in [1.165, 1.54) is 0 Å². The number of fused-ring (bicyclic) bond motifs is 6. The minimum absolute atomic E-state index is 0.596. The average Bonchev–Trinajstić information content (AvgIpc) is 3.74. The number of aromatic nitrogens is 4. The molecule has 0 amide bonds. The van der Waals surface area contributed by atoms with Crippen LogP contribution in [-0.4, -0.2) is 19.9 Å². The summed E-state index contributed by atoms with van der Waals surface area (Å²) >= 11 is 0. The Bertz CT molecular complexity index is 3520. The van der Waals surface area contributed by atoms with E-state index in [2.05, 4.69) is 188 Å². The fourth-order valence-corrected chi connectivity index (χ4v) is 8.86. The van der Waals surface area contributed by atoms with Crippen LogP contribution in [0.3, 0.4) is 0 Å². The quantitative estimate of drug-likeness (QED) is 0.150. The lowest BCUT2D eigenvalue weighted by molar-refractivity contribution is 0.669. The number of benzene rings is 9. The number of furan rings is 1. The van der Waals surface area contributed by atoms with E-state index in [0.717, 1.165) is 105 Å². The van der Waals surface area contributed by atoms with Crippen LogP contribution in [0.2, 0.25) is 0 Å². The van der Waals surface area contributed by atoms with Gasteiger partial charge in [-0.3, -0.25) is 0 Å². The molecule has 0 spiro atoms. The molecule has 3 heterocycles. The van der Waals surface area contributed by atoms with Gasteiger partial charge in [0.05, 0.1) is 11.2 Å². The Balaban J connectivity index is 1.03. The maximum atomic E-state index is 6.64. The Hall–Kier alpha value is -8.54. The van der Waals surface area contributed by atoms with E-state index in [1.807, 2.05) is 30.3 Å². The molecule has 0 fully saturated rings. The predicted molar refractivity (Wildman–Crippen MR) is 258 cm³/mol. The van der Waals surface area contributed by atoms with Crippen LogP contribution in [-0.2, 0) is 0 Å². The van der Waals surface area contributed by atoms with E-state index >= 15 is 0 Å². The van der Waals surface area contributed by atoms with Crippen LogP contribution in [0, 0.1) is 0 Å². The second-order valence-corrected chi connectivity index (χ2v) is 15.8. The minimum atomic E-state index is 0.596. The molecule has 12 rings (SSSR count). The lowest BCUT2D eigenvalue weighted by Crippen LogP contribution is -2.00. The molecule has 0 bridgehead atoms. The van der Waals surface area contributed by atoms with Crippen LogP contribution in [0.5, 0.6) is 0 Å². The van der Waals surface area contributed by atoms with Crippen LogP contribution in [0.15, 0.2) is 223 Å². The lowest BCUT2D eigenvalue weighted by Gasteiger charge is -2.16. The second kappa shape index (κ2) is 15.2. The number of hydrogen-bond acceptors (Lipinski definition) is 5. The van der Waals surface area contributed by atoms with E-state index in [-0.39, 0.29) is 0 Å². The van der Waals surface area contributed by atoms with E-state index in [0.29, 0.717) is 17.5 Å². The molecule has 12 aromatic rings. The monoisotopic (exact) mass is 804 g/mol. The summed E-state index contributed by atoms with van der Waals surface area (Å²) in [6.07, 6.45) is 0. The number of nitrogens with zero attached hydrogens (tertiary/aromatic N) is 4. The van der Waals surface area contributed by atoms with Gasteiger partial charge in [-0.15, -0.1) is 0 Å². The first-order valence-corrected chi connectivity index (χ1v) is 21.1. The van der Waals surface area contributed by atoms with Crippen LogP contribution in [0.4, 0.5) is 0 Å². The summed E-state index contributed by atoms with van der Waals surface area (Å²) < 4.78 is 6.64. The summed E-state index contributed by atoms with van der Waals surface area (Å²) in [5.41, 5.74) is 14.0. The van der Waals surface area contributed by atoms with Gasteiger partial charge in [0.25, 0.3) is 0 Å². The van der Waals surface area contributed by atoms with Crippen molar-refractivity contribution in [2.45, 2.75) is 0 Å². The number of rotatable bonds is 7. The third kappa shape index (κ3) is 6.51. The fourth-order valence-electron chi connectivity index (χ4n) is 8.86. The predicted octanol–water partition coefficient (Wildman–Crippen LogP) is 15.1. The van der Waals surface area contributed by atoms with Crippen molar-refractivity contribution in [3.63, 3.8) is 0 Å². The van der Waals surface area contributed by atoms with Crippen LogP contribution < -0.4 is 0 Å². The molecule has 0 aliphatic rings. The van der Waals surface area contributed by atoms with Gasteiger partial charge in [-0.05, 0) is 46.0 Å². The van der Waals surface area contributed by atoms with Crippen molar-refractivity contribution in [1.82, 2.24) is 19.9 Å². The van der Waals surface area contributed by atoms with Crippen LogP contribution in [0.25, 0.3) is 122 Å². The summed E-state index contributed by atoms with van der Waals surface area (Å²) in [4.78, 5) is 20.6. The SMILES string of the molecule is c1ccc(-c2ccc(-c3nc(-c4ccc(-c5ccccc5)cc4)nc(-c4ccc(-c5c6c(cc7c(-c8ccccc8)nc8ccccc8c57)oc5ccccc56)cc4)n3)cc2)cc1. The zero-order valence-corrected chi connectivity index (χ0v) is 34.0. The van der Waals surface area contributed by atoms with Gasteiger partial charge in [-0.2, -0.15) is 0 Å². The molecule has 9 aromatic carbocycles. The Kier molecular flexibility index (Phi) is 8.75. The normalized spacial score (nSPS) is 11.5. The van der Waals surface area contributed by atoms with Crippen molar-refractivity contribution in [1.29, 1.82) is 0 Å². The maximum absolute atomic E-state index is 6.64. The van der Waals surface area contributed by atoms with Gasteiger partial charge < -0.3 is 4.42 Å². The highest BCUT2D eigenvalue weighted by Crippen LogP contribution is 2.46. The molecule has 0 atom stereocenters. The molecular weight excluding hydrogens is 769 g/mol. The molecule has 5 heteroatoms. The lowest BCUT2D eigenvalue weighted by atomic mass is 9.89. The summed E-state index contributed by atoms with van der Waals surface area (Å²) in [7, 11) is 0. The third-order valence-corrected chi connectivity index (χ3v) is 11.9. The Labute approximate surface area is 363 Å². The molecule has 0 radical (unpaired) electrons. The zero-order valence-electron chi connectivity index (χ0n) is 34.0. The van der Waals surface area contributed by atoms with Gasteiger partial charge in [0.15, 0.2) is 17.5 Å². The van der Waals surface area contributed by atoms with Crippen LogP contribution in [0.1, 0.15) is 0 Å².